The monoisotopic (exact) mass is 438 g/mol. The van der Waals surface area contributed by atoms with Gasteiger partial charge in [-0.2, -0.15) is 0 Å². The highest BCUT2D eigenvalue weighted by Gasteiger charge is 2.27. The van der Waals surface area contributed by atoms with Crippen LogP contribution in [0.15, 0.2) is 83.8 Å². The van der Waals surface area contributed by atoms with Crippen LogP contribution in [0.25, 0.3) is 0 Å². The number of anilines is 1. The normalized spacial score (nSPS) is 11.0. The summed E-state index contributed by atoms with van der Waals surface area (Å²) in [5.41, 5.74) is 2.35. The van der Waals surface area contributed by atoms with Gasteiger partial charge < -0.3 is 10.1 Å². The van der Waals surface area contributed by atoms with Crippen molar-refractivity contribution in [1.82, 2.24) is 5.32 Å². The van der Waals surface area contributed by atoms with Gasteiger partial charge in [-0.15, -0.1) is 0 Å². The maximum absolute atomic E-state index is 13.3. The molecule has 0 aliphatic rings. The molecule has 3 aromatic carbocycles. The minimum atomic E-state index is -3.90. The average molecular weight is 439 g/mol. The molecule has 1 amide bonds. The Hall–Kier alpha value is -3.32. The van der Waals surface area contributed by atoms with E-state index < -0.39 is 15.9 Å². The number of amides is 1. The second-order valence-electron chi connectivity index (χ2n) is 7.13. The van der Waals surface area contributed by atoms with E-state index in [2.05, 4.69) is 5.32 Å². The van der Waals surface area contributed by atoms with Gasteiger partial charge in [-0.3, -0.25) is 9.10 Å². The van der Waals surface area contributed by atoms with E-state index in [9.17, 15) is 13.2 Å². The van der Waals surface area contributed by atoms with Crippen molar-refractivity contribution in [3.8, 4) is 5.75 Å². The molecule has 162 valence electrons. The lowest BCUT2D eigenvalue weighted by molar-refractivity contribution is -0.119. The molecule has 0 fully saturated rings. The van der Waals surface area contributed by atoms with E-state index in [1.54, 1.807) is 36.4 Å². The fourth-order valence-corrected chi connectivity index (χ4v) is 4.51. The molecule has 0 unspecified atom stereocenters. The Morgan fingerprint density at radius 3 is 2.35 bits per heavy atom. The number of hydrogen-bond acceptors (Lipinski definition) is 4. The zero-order valence-electron chi connectivity index (χ0n) is 17.6. The Morgan fingerprint density at radius 2 is 1.65 bits per heavy atom. The van der Waals surface area contributed by atoms with Crippen molar-refractivity contribution in [3.63, 3.8) is 0 Å². The number of benzene rings is 3. The molecule has 0 radical (unpaired) electrons. The highest BCUT2D eigenvalue weighted by molar-refractivity contribution is 7.92. The van der Waals surface area contributed by atoms with Crippen molar-refractivity contribution in [2.45, 2.75) is 18.7 Å². The molecule has 0 aromatic heterocycles. The van der Waals surface area contributed by atoms with E-state index in [0.717, 1.165) is 21.2 Å². The number of rotatable bonds is 9. The van der Waals surface area contributed by atoms with Crippen LogP contribution in [0.4, 0.5) is 5.69 Å². The predicted octanol–water partition coefficient (Wildman–Crippen LogP) is 3.69. The summed E-state index contributed by atoms with van der Waals surface area (Å²) in [6, 6.07) is 22.8. The number of ether oxygens (including phenoxy) is 1. The smallest absolute Gasteiger partial charge is 0.264 e. The Bertz CT molecular complexity index is 1130. The van der Waals surface area contributed by atoms with Gasteiger partial charge in [0.25, 0.3) is 10.0 Å². The predicted molar refractivity (Wildman–Crippen MR) is 122 cm³/mol. The molecule has 3 aromatic rings. The highest BCUT2D eigenvalue weighted by atomic mass is 32.2. The molecule has 7 heteroatoms. The van der Waals surface area contributed by atoms with Crippen LogP contribution in [0, 0.1) is 13.8 Å². The van der Waals surface area contributed by atoms with Gasteiger partial charge in [-0.25, -0.2) is 8.42 Å². The zero-order valence-corrected chi connectivity index (χ0v) is 18.4. The van der Waals surface area contributed by atoms with E-state index in [4.69, 9.17) is 4.74 Å². The van der Waals surface area contributed by atoms with Gasteiger partial charge in [0.05, 0.1) is 17.1 Å². The lowest BCUT2D eigenvalue weighted by atomic mass is 10.2. The van der Waals surface area contributed by atoms with Crippen molar-refractivity contribution in [1.29, 1.82) is 0 Å². The summed E-state index contributed by atoms with van der Waals surface area (Å²) in [7, 11) is -3.90. The van der Waals surface area contributed by atoms with E-state index in [-0.39, 0.29) is 24.6 Å². The molecule has 0 saturated heterocycles. The van der Waals surface area contributed by atoms with Crippen molar-refractivity contribution in [2.24, 2.45) is 0 Å². The van der Waals surface area contributed by atoms with Crippen LogP contribution in [0.3, 0.4) is 0 Å². The standard InChI is InChI=1S/C24H26N2O4S/c1-19-9-8-11-21(17-19)26(31(28,29)22-12-4-3-5-13-22)18-24(27)25-15-16-30-23-14-7-6-10-20(23)2/h3-14,17H,15-16,18H2,1-2H3,(H,25,27). The Balaban J connectivity index is 1.70. The molecule has 0 heterocycles. The fourth-order valence-electron chi connectivity index (χ4n) is 3.07. The number of aryl methyl sites for hydroxylation is 2. The van der Waals surface area contributed by atoms with E-state index >= 15 is 0 Å². The third kappa shape index (κ3) is 5.86. The van der Waals surface area contributed by atoms with Gasteiger partial charge >= 0.3 is 0 Å². The number of carbonyl (C=O) groups excluding carboxylic acids is 1. The van der Waals surface area contributed by atoms with Crippen LogP contribution in [-0.4, -0.2) is 34.0 Å². The average Bonchev–Trinajstić information content (AvgIpc) is 2.76. The van der Waals surface area contributed by atoms with Gasteiger partial charge in [0.2, 0.25) is 5.91 Å². The van der Waals surface area contributed by atoms with Crippen LogP contribution in [-0.2, 0) is 14.8 Å². The lowest BCUT2D eigenvalue weighted by Gasteiger charge is -2.24. The molecule has 0 spiro atoms. The second kappa shape index (κ2) is 10.1. The number of nitrogens with one attached hydrogen (secondary N) is 1. The van der Waals surface area contributed by atoms with Crippen LogP contribution >= 0.6 is 0 Å². The van der Waals surface area contributed by atoms with Crippen LogP contribution in [0.1, 0.15) is 11.1 Å². The van der Waals surface area contributed by atoms with Crippen LogP contribution in [0.2, 0.25) is 0 Å². The van der Waals surface area contributed by atoms with Crippen molar-refractivity contribution < 1.29 is 17.9 Å². The minimum absolute atomic E-state index is 0.132. The van der Waals surface area contributed by atoms with E-state index in [1.807, 2.05) is 44.2 Å². The first kappa shape index (κ1) is 22.4. The molecule has 6 nitrogen and oxygen atoms in total. The second-order valence-corrected chi connectivity index (χ2v) is 8.99. The Morgan fingerprint density at radius 1 is 0.935 bits per heavy atom. The van der Waals surface area contributed by atoms with Gasteiger partial charge in [-0.1, -0.05) is 48.5 Å². The number of hydrogen-bond donors (Lipinski definition) is 1. The van der Waals surface area contributed by atoms with Gasteiger partial charge in [0.1, 0.15) is 18.9 Å². The van der Waals surface area contributed by atoms with Gasteiger partial charge in [0.15, 0.2) is 0 Å². The first-order valence-electron chi connectivity index (χ1n) is 9.97. The van der Waals surface area contributed by atoms with Crippen molar-refractivity contribution >= 4 is 21.6 Å². The van der Waals surface area contributed by atoms with Crippen molar-refractivity contribution in [2.75, 3.05) is 24.0 Å². The summed E-state index contributed by atoms with van der Waals surface area (Å²) >= 11 is 0. The maximum Gasteiger partial charge on any atom is 0.264 e. The maximum atomic E-state index is 13.3. The lowest BCUT2D eigenvalue weighted by Crippen LogP contribution is -2.42. The molecular formula is C24H26N2O4S. The summed E-state index contributed by atoms with van der Waals surface area (Å²) in [6.45, 7) is 4.04. The number of nitrogens with zero attached hydrogens (tertiary/aromatic N) is 1. The number of para-hydroxylation sites is 1. The van der Waals surface area contributed by atoms with E-state index in [1.165, 1.54) is 12.1 Å². The first-order valence-corrected chi connectivity index (χ1v) is 11.4. The quantitative estimate of drug-likeness (QED) is 0.517. The summed E-state index contributed by atoms with van der Waals surface area (Å²) in [6.07, 6.45) is 0. The summed E-state index contributed by atoms with van der Waals surface area (Å²) in [5, 5.41) is 2.74. The molecular weight excluding hydrogens is 412 g/mol. The fraction of sp³-hybridized carbons (Fsp3) is 0.208. The van der Waals surface area contributed by atoms with Gasteiger partial charge in [-0.05, 0) is 55.3 Å². The number of sulfonamides is 1. The molecule has 0 bridgehead atoms. The number of carbonyl (C=O) groups is 1. The van der Waals surface area contributed by atoms with Crippen molar-refractivity contribution in [3.05, 3.63) is 90.0 Å². The largest absolute Gasteiger partial charge is 0.491 e. The molecule has 31 heavy (non-hydrogen) atoms. The molecule has 0 aliphatic heterocycles. The minimum Gasteiger partial charge on any atom is -0.491 e. The third-order valence-corrected chi connectivity index (χ3v) is 6.47. The van der Waals surface area contributed by atoms with Crippen LogP contribution in [0.5, 0.6) is 5.75 Å². The molecule has 0 saturated carbocycles. The molecule has 0 aliphatic carbocycles. The SMILES string of the molecule is Cc1cccc(N(CC(=O)NCCOc2ccccc2C)S(=O)(=O)c2ccccc2)c1. The zero-order chi connectivity index (χ0) is 22.3. The highest BCUT2D eigenvalue weighted by Crippen LogP contribution is 2.24. The summed E-state index contributed by atoms with van der Waals surface area (Å²) in [4.78, 5) is 12.7. The summed E-state index contributed by atoms with van der Waals surface area (Å²) < 4.78 is 33.3. The Labute approximate surface area is 183 Å². The van der Waals surface area contributed by atoms with E-state index in [0.29, 0.717) is 5.69 Å². The summed E-state index contributed by atoms with van der Waals surface area (Å²) in [5.74, 6) is 0.346. The topological polar surface area (TPSA) is 75.7 Å². The third-order valence-electron chi connectivity index (χ3n) is 4.68. The molecule has 0 atom stereocenters. The van der Waals surface area contributed by atoms with Gasteiger partial charge in [0, 0.05) is 0 Å². The Kier molecular flexibility index (Phi) is 7.31. The molecule has 1 N–H and O–H groups in total. The van der Waals surface area contributed by atoms with Crippen LogP contribution < -0.4 is 14.4 Å². The molecule has 3 rings (SSSR count). The first-order chi connectivity index (χ1) is 14.9.